The highest BCUT2D eigenvalue weighted by atomic mass is 16.2. The lowest BCUT2D eigenvalue weighted by Crippen LogP contribution is -2.50. The van der Waals surface area contributed by atoms with E-state index in [0.29, 0.717) is 6.04 Å². The van der Waals surface area contributed by atoms with Gasteiger partial charge in [-0.25, -0.2) is 0 Å². The van der Waals surface area contributed by atoms with Crippen LogP contribution in [0, 0.1) is 0 Å². The molecule has 1 aliphatic rings. The van der Waals surface area contributed by atoms with Crippen LogP contribution in [-0.4, -0.2) is 62.0 Å². The van der Waals surface area contributed by atoms with E-state index in [1.165, 1.54) is 0 Å². The maximum atomic E-state index is 11.0. The predicted octanol–water partition coefficient (Wildman–Crippen LogP) is -0.242. The van der Waals surface area contributed by atoms with Gasteiger partial charge in [0.1, 0.15) is 0 Å². The summed E-state index contributed by atoms with van der Waals surface area (Å²) < 4.78 is 0. The van der Waals surface area contributed by atoms with Crippen molar-refractivity contribution in [3.8, 4) is 0 Å². The average Bonchev–Trinajstić information content (AvgIpc) is 2.16. The number of piperazine rings is 1. The van der Waals surface area contributed by atoms with Crippen LogP contribution >= 0.6 is 0 Å². The molecule has 0 radical (unpaired) electrons. The molecular weight excluding hydrogens is 178 g/mol. The van der Waals surface area contributed by atoms with Crippen LogP contribution in [-0.2, 0) is 4.79 Å². The summed E-state index contributed by atoms with van der Waals surface area (Å²) in [7, 11) is 4.01. The maximum Gasteiger partial charge on any atom is 0.219 e. The largest absolute Gasteiger partial charge is 0.346 e. The third-order valence-electron chi connectivity index (χ3n) is 2.98. The van der Waals surface area contributed by atoms with Crippen LogP contribution < -0.4 is 5.32 Å². The Morgan fingerprint density at radius 3 is 2.93 bits per heavy atom. The lowest BCUT2D eigenvalue weighted by atomic mass is 10.1. The molecule has 14 heavy (non-hydrogen) atoms. The number of amides is 1. The van der Waals surface area contributed by atoms with Crippen molar-refractivity contribution < 1.29 is 4.79 Å². The van der Waals surface area contributed by atoms with Crippen LogP contribution in [0.25, 0.3) is 0 Å². The molecule has 1 fully saturated rings. The van der Waals surface area contributed by atoms with Crippen LogP contribution in [0.5, 0.6) is 0 Å². The van der Waals surface area contributed by atoms with Crippen LogP contribution in [0.3, 0.4) is 0 Å². The van der Waals surface area contributed by atoms with Crippen LogP contribution in [0.15, 0.2) is 0 Å². The molecule has 1 amide bonds. The Kier molecular flexibility index (Phi) is 4.35. The van der Waals surface area contributed by atoms with Gasteiger partial charge in [0, 0.05) is 46.2 Å². The zero-order chi connectivity index (χ0) is 10.6. The molecule has 1 N–H and O–H groups in total. The fourth-order valence-corrected chi connectivity index (χ4v) is 1.69. The molecule has 1 saturated heterocycles. The van der Waals surface area contributed by atoms with Gasteiger partial charge in [-0.2, -0.15) is 0 Å². The first-order chi connectivity index (χ1) is 6.61. The minimum absolute atomic E-state index is 0.149. The van der Waals surface area contributed by atoms with Crippen molar-refractivity contribution in [3.63, 3.8) is 0 Å². The quantitative estimate of drug-likeness (QED) is 0.681. The molecule has 1 heterocycles. The topological polar surface area (TPSA) is 35.6 Å². The van der Waals surface area contributed by atoms with Gasteiger partial charge in [-0.1, -0.05) is 0 Å². The molecule has 1 atom stereocenters. The highest BCUT2D eigenvalue weighted by molar-refractivity contribution is 5.72. The first-order valence-corrected chi connectivity index (χ1v) is 5.24. The lowest BCUT2D eigenvalue weighted by Gasteiger charge is -2.34. The van der Waals surface area contributed by atoms with E-state index >= 15 is 0 Å². The van der Waals surface area contributed by atoms with E-state index in [0.717, 1.165) is 32.6 Å². The SMILES string of the molecule is CC(=O)N(C)CCC1CNCCN1C. The zero-order valence-corrected chi connectivity index (χ0v) is 9.42. The molecule has 82 valence electrons. The molecule has 0 aromatic heterocycles. The summed E-state index contributed by atoms with van der Waals surface area (Å²) in [4.78, 5) is 15.1. The van der Waals surface area contributed by atoms with Crippen molar-refractivity contribution in [2.45, 2.75) is 19.4 Å². The molecule has 0 bridgehead atoms. The highest BCUT2D eigenvalue weighted by Gasteiger charge is 2.18. The first kappa shape index (κ1) is 11.5. The monoisotopic (exact) mass is 199 g/mol. The summed E-state index contributed by atoms with van der Waals surface area (Å²) >= 11 is 0. The van der Waals surface area contributed by atoms with E-state index in [9.17, 15) is 4.79 Å². The number of hydrogen-bond donors (Lipinski definition) is 1. The number of carbonyl (C=O) groups is 1. The van der Waals surface area contributed by atoms with Gasteiger partial charge in [-0.3, -0.25) is 4.79 Å². The van der Waals surface area contributed by atoms with Gasteiger partial charge in [-0.15, -0.1) is 0 Å². The summed E-state index contributed by atoms with van der Waals surface area (Å²) in [6.07, 6.45) is 1.06. The van der Waals surface area contributed by atoms with Crippen molar-refractivity contribution in [1.82, 2.24) is 15.1 Å². The number of hydrogen-bond acceptors (Lipinski definition) is 3. The number of nitrogens with zero attached hydrogens (tertiary/aromatic N) is 2. The van der Waals surface area contributed by atoms with Crippen LogP contribution in [0.2, 0.25) is 0 Å². The second-order valence-electron chi connectivity index (χ2n) is 4.07. The molecule has 0 aromatic rings. The van der Waals surface area contributed by atoms with E-state index in [1.54, 1.807) is 11.8 Å². The molecule has 0 saturated carbocycles. The molecular formula is C10H21N3O. The van der Waals surface area contributed by atoms with Crippen molar-refractivity contribution >= 4 is 5.91 Å². The molecule has 1 unspecified atom stereocenters. The van der Waals surface area contributed by atoms with Crippen molar-refractivity contribution in [2.24, 2.45) is 0 Å². The Morgan fingerprint density at radius 2 is 2.36 bits per heavy atom. The second kappa shape index (κ2) is 5.32. The first-order valence-electron chi connectivity index (χ1n) is 5.24. The molecule has 0 aliphatic carbocycles. The van der Waals surface area contributed by atoms with Gasteiger partial charge < -0.3 is 15.1 Å². The summed E-state index contributed by atoms with van der Waals surface area (Å²) in [5, 5.41) is 3.37. The molecule has 4 heteroatoms. The smallest absolute Gasteiger partial charge is 0.219 e. The number of rotatable bonds is 3. The Labute approximate surface area is 86.2 Å². The van der Waals surface area contributed by atoms with E-state index in [1.807, 2.05) is 7.05 Å². The van der Waals surface area contributed by atoms with Crippen molar-refractivity contribution in [2.75, 3.05) is 40.3 Å². The third kappa shape index (κ3) is 3.27. The highest BCUT2D eigenvalue weighted by Crippen LogP contribution is 2.05. The summed E-state index contributed by atoms with van der Waals surface area (Å²) in [5.74, 6) is 0.149. The van der Waals surface area contributed by atoms with E-state index in [-0.39, 0.29) is 5.91 Å². The van der Waals surface area contributed by atoms with E-state index < -0.39 is 0 Å². The Hall–Kier alpha value is -0.610. The van der Waals surface area contributed by atoms with Crippen LogP contribution in [0.1, 0.15) is 13.3 Å². The van der Waals surface area contributed by atoms with Gasteiger partial charge in [0.05, 0.1) is 0 Å². The normalized spacial score (nSPS) is 23.5. The van der Waals surface area contributed by atoms with E-state index in [2.05, 4.69) is 17.3 Å². The van der Waals surface area contributed by atoms with E-state index in [4.69, 9.17) is 0 Å². The average molecular weight is 199 g/mol. The predicted molar refractivity (Wildman–Crippen MR) is 57.2 cm³/mol. The maximum absolute atomic E-state index is 11.0. The number of carbonyl (C=O) groups excluding carboxylic acids is 1. The van der Waals surface area contributed by atoms with Gasteiger partial charge in [0.15, 0.2) is 0 Å². The second-order valence-corrected chi connectivity index (χ2v) is 4.07. The fraction of sp³-hybridized carbons (Fsp3) is 0.900. The van der Waals surface area contributed by atoms with Gasteiger partial charge in [-0.05, 0) is 13.5 Å². The van der Waals surface area contributed by atoms with Crippen LogP contribution in [0.4, 0.5) is 0 Å². The Morgan fingerprint density at radius 1 is 1.64 bits per heavy atom. The standard InChI is InChI=1S/C10H21N3O/c1-9(14)12(2)6-4-10-8-11-5-7-13(10)3/h10-11H,4-8H2,1-3H3. The molecule has 4 nitrogen and oxygen atoms in total. The summed E-state index contributed by atoms with van der Waals surface area (Å²) in [5.41, 5.74) is 0. The Bertz CT molecular complexity index is 196. The minimum Gasteiger partial charge on any atom is -0.346 e. The molecule has 0 spiro atoms. The number of likely N-dealkylation sites (N-methyl/N-ethyl adjacent to an activating group) is 1. The fourth-order valence-electron chi connectivity index (χ4n) is 1.69. The summed E-state index contributed by atoms with van der Waals surface area (Å²) in [6, 6.07) is 0.575. The molecule has 1 aliphatic heterocycles. The lowest BCUT2D eigenvalue weighted by molar-refractivity contribution is -0.127. The zero-order valence-electron chi connectivity index (χ0n) is 9.42. The van der Waals surface area contributed by atoms with Crippen molar-refractivity contribution in [3.05, 3.63) is 0 Å². The minimum atomic E-state index is 0.149. The van der Waals surface area contributed by atoms with Gasteiger partial charge >= 0.3 is 0 Å². The van der Waals surface area contributed by atoms with Gasteiger partial charge in [0.25, 0.3) is 0 Å². The van der Waals surface area contributed by atoms with Crippen molar-refractivity contribution in [1.29, 1.82) is 0 Å². The summed E-state index contributed by atoms with van der Waals surface area (Å²) in [6.45, 7) is 5.70. The number of nitrogens with one attached hydrogen (secondary N) is 1. The molecule has 0 aromatic carbocycles. The van der Waals surface area contributed by atoms with Gasteiger partial charge in [0.2, 0.25) is 5.91 Å². The third-order valence-corrected chi connectivity index (χ3v) is 2.98. The Balaban J connectivity index is 2.25. The molecule has 1 rings (SSSR count).